The van der Waals surface area contributed by atoms with E-state index in [2.05, 4.69) is 74.5 Å². The SMILES string of the molecule is CCC(PCCCPC(CC)c1ccccc1)c1ccccc1. The lowest BCUT2D eigenvalue weighted by atomic mass is 10.1. The van der Waals surface area contributed by atoms with Gasteiger partial charge < -0.3 is 0 Å². The molecule has 124 valence electrons. The summed E-state index contributed by atoms with van der Waals surface area (Å²) in [5.74, 6) is 0. The molecule has 0 aliphatic rings. The Balaban J connectivity index is 1.70. The van der Waals surface area contributed by atoms with Gasteiger partial charge >= 0.3 is 0 Å². The zero-order valence-corrected chi connectivity index (χ0v) is 16.5. The second kappa shape index (κ2) is 11.0. The van der Waals surface area contributed by atoms with Gasteiger partial charge in [-0.2, -0.15) is 0 Å². The van der Waals surface area contributed by atoms with Crippen LogP contribution in [0.1, 0.15) is 55.6 Å². The van der Waals surface area contributed by atoms with Crippen molar-refractivity contribution >= 4 is 17.2 Å². The van der Waals surface area contributed by atoms with E-state index in [0.717, 1.165) is 28.5 Å². The molecule has 0 radical (unpaired) electrons. The topological polar surface area (TPSA) is 0 Å². The van der Waals surface area contributed by atoms with Crippen LogP contribution in [-0.4, -0.2) is 12.3 Å². The van der Waals surface area contributed by atoms with Gasteiger partial charge in [-0.25, -0.2) is 0 Å². The number of rotatable bonds is 10. The average molecular weight is 344 g/mol. The fourth-order valence-electron chi connectivity index (χ4n) is 3.01. The predicted molar refractivity (Wildman–Crippen MR) is 110 cm³/mol. The molecule has 2 aromatic rings. The smallest absolute Gasteiger partial charge is 0.00115 e. The van der Waals surface area contributed by atoms with E-state index in [1.165, 1.54) is 42.7 Å². The minimum Gasteiger partial charge on any atom is -0.114 e. The van der Waals surface area contributed by atoms with Crippen molar-refractivity contribution in [1.29, 1.82) is 0 Å². The highest BCUT2D eigenvalue weighted by atomic mass is 31.1. The number of benzene rings is 2. The Morgan fingerprint density at radius 2 is 1.04 bits per heavy atom. The summed E-state index contributed by atoms with van der Waals surface area (Å²) in [6, 6.07) is 22.1. The summed E-state index contributed by atoms with van der Waals surface area (Å²) >= 11 is 0. The van der Waals surface area contributed by atoms with E-state index < -0.39 is 0 Å². The van der Waals surface area contributed by atoms with Crippen LogP contribution >= 0.6 is 17.2 Å². The Morgan fingerprint density at radius 1 is 0.652 bits per heavy atom. The van der Waals surface area contributed by atoms with Gasteiger partial charge in [0.05, 0.1) is 0 Å². The van der Waals surface area contributed by atoms with Crippen LogP contribution < -0.4 is 0 Å². The molecule has 0 nitrogen and oxygen atoms in total. The maximum absolute atomic E-state index is 2.33. The van der Waals surface area contributed by atoms with Crippen molar-refractivity contribution in [1.82, 2.24) is 0 Å². The van der Waals surface area contributed by atoms with E-state index in [1.807, 2.05) is 0 Å². The van der Waals surface area contributed by atoms with Crippen LogP contribution in [0, 0.1) is 0 Å². The lowest BCUT2D eigenvalue weighted by Crippen LogP contribution is -1.94. The maximum Gasteiger partial charge on any atom is 0.00115 e. The second-order valence-electron chi connectivity index (χ2n) is 6.00. The Morgan fingerprint density at radius 3 is 1.39 bits per heavy atom. The van der Waals surface area contributed by atoms with E-state index in [9.17, 15) is 0 Å². The zero-order chi connectivity index (χ0) is 16.3. The molecule has 0 N–H and O–H groups in total. The van der Waals surface area contributed by atoms with E-state index in [1.54, 1.807) is 0 Å². The van der Waals surface area contributed by atoms with Crippen molar-refractivity contribution in [2.24, 2.45) is 0 Å². The van der Waals surface area contributed by atoms with Gasteiger partial charge in [0.1, 0.15) is 0 Å². The molecule has 0 aromatic heterocycles. The van der Waals surface area contributed by atoms with Crippen molar-refractivity contribution in [2.45, 2.75) is 44.4 Å². The Kier molecular flexibility index (Phi) is 8.88. The Bertz CT molecular complexity index is 475. The van der Waals surface area contributed by atoms with Gasteiger partial charge in [0.15, 0.2) is 0 Å². The van der Waals surface area contributed by atoms with Gasteiger partial charge in [0.2, 0.25) is 0 Å². The molecule has 4 atom stereocenters. The standard InChI is InChI=1S/C21H30P2/c1-3-20(18-12-7-5-8-13-18)22-16-11-17-23-21(4-2)19-14-9-6-10-15-19/h5-10,12-15,20-23H,3-4,11,16-17H2,1-2H3. The minimum absolute atomic E-state index is 0.774. The highest BCUT2D eigenvalue weighted by Gasteiger charge is 2.10. The molecule has 0 saturated heterocycles. The largest absolute Gasteiger partial charge is 0.114 e. The van der Waals surface area contributed by atoms with Gasteiger partial charge in [-0.3, -0.25) is 0 Å². The number of hydrogen-bond acceptors (Lipinski definition) is 0. The lowest BCUT2D eigenvalue weighted by Gasteiger charge is -2.17. The molecule has 0 heterocycles. The summed E-state index contributed by atoms with van der Waals surface area (Å²) in [7, 11) is 2.15. The monoisotopic (exact) mass is 344 g/mol. The third-order valence-electron chi connectivity index (χ3n) is 4.36. The summed E-state index contributed by atoms with van der Waals surface area (Å²) in [4.78, 5) is 0. The Labute approximate surface area is 146 Å². The van der Waals surface area contributed by atoms with E-state index in [4.69, 9.17) is 0 Å². The number of hydrogen-bond donors (Lipinski definition) is 0. The van der Waals surface area contributed by atoms with Crippen molar-refractivity contribution in [3.05, 3.63) is 71.8 Å². The van der Waals surface area contributed by atoms with E-state index in [-0.39, 0.29) is 0 Å². The molecule has 23 heavy (non-hydrogen) atoms. The van der Waals surface area contributed by atoms with Crippen LogP contribution in [0.3, 0.4) is 0 Å². The summed E-state index contributed by atoms with van der Waals surface area (Å²) in [5, 5.41) is 0. The first-order valence-electron chi connectivity index (χ1n) is 8.91. The molecule has 0 saturated carbocycles. The van der Waals surface area contributed by atoms with Crippen LogP contribution in [0.4, 0.5) is 0 Å². The highest BCUT2D eigenvalue weighted by molar-refractivity contribution is 7.39. The first-order chi connectivity index (χ1) is 11.3. The summed E-state index contributed by atoms with van der Waals surface area (Å²) in [5.41, 5.74) is 4.62. The molecule has 0 fully saturated rings. The summed E-state index contributed by atoms with van der Waals surface area (Å²) in [6.07, 6.45) is 6.72. The van der Waals surface area contributed by atoms with Crippen molar-refractivity contribution in [3.8, 4) is 0 Å². The van der Waals surface area contributed by atoms with E-state index in [0.29, 0.717) is 0 Å². The fourth-order valence-corrected chi connectivity index (χ4v) is 6.25. The lowest BCUT2D eigenvalue weighted by molar-refractivity contribution is 0.876. The second-order valence-corrected chi connectivity index (χ2v) is 9.22. The molecule has 0 aliphatic heterocycles. The highest BCUT2D eigenvalue weighted by Crippen LogP contribution is 2.40. The van der Waals surface area contributed by atoms with Crippen LogP contribution in [0.15, 0.2) is 60.7 Å². The molecule has 0 aliphatic carbocycles. The zero-order valence-electron chi connectivity index (χ0n) is 14.5. The first kappa shape index (κ1) is 18.6. The third-order valence-corrected chi connectivity index (χ3v) is 8.11. The van der Waals surface area contributed by atoms with Crippen molar-refractivity contribution < 1.29 is 0 Å². The van der Waals surface area contributed by atoms with Crippen LogP contribution in [0.2, 0.25) is 0 Å². The molecule has 2 rings (SSSR count). The van der Waals surface area contributed by atoms with Crippen LogP contribution in [0.25, 0.3) is 0 Å². The Hall–Kier alpha value is -0.700. The van der Waals surface area contributed by atoms with Crippen molar-refractivity contribution in [2.75, 3.05) is 12.3 Å². The maximum atomic E-state index is 2.33. The molecule has 2 aromatic carbocycles. The van der Waals surface area contributed by atoms with Crippen LogP contribution in [-0.2, 0) is 0 Å². The molecule has 0 amide bonds. The van der Waals surface area contributed by atoms with Crippen LogP contribution in [0.5, 0.6) is 0 Å². The molecule has 0 spiro atoms. The molecule has 2 heteroatoms. The minimum atomic E-state index is 0.774. The molecule has 4 unspecified atom stereocenters. The van der Waals surface area contributed by atoms with Crippen molar-refractivity contribution in [3.63, 3.8) is 0 Å². The fraction of sp³-hybridized carbons (Fsp3) is 0.429. The van der Waals surface area contributed by atoms with Gasteiger partial charge in [-0.05, 0) is 42.7 Å². The molecule has 0 bridgehead atoms. The van der Waals surface area contributed by atoms with Gasteiger partial charge in [0, 0.05) is 11.3 Å². The predicted octanol–water partition coefficient (Wildman–Crippen LogP) is 7.04. The van der Waals surface area contributed by atoms with E-state index >= 15 is 0 Å². The normalized spacial score (nSPS) is 14.7. The molecular formula is C21H30P2. The van der Waals surface area contributed by atoms with Gasteiger partial charge in [0.25, 0.3) is 0 Å². The average Bonchev–Trinajstić information content (AvgIpc) is 2.63. The van der Waals surface area contributed by atoms with Gasteiger partial charge in [-0.1, -0.05) is 74.5 Å². The van der Waals surface area contributed by atoms with Gasteiger partial charge in [-0.15, -0.1) is 17.2 Å². The summed E-state index contributed by atoms with van der Waals surface area (Å²) < 4.78 is 0. The first-order valence-corrected chi connectivity index (χ1v) is 11.5. The summed E-state index contributed by atoms with van der Waals surface area (Å²) in [6.45, 7) is 4.66. The molecular weight excluding hydrogens is 314 g/mol. The third kappa shape index (κ3) is 6.37. The quantitative estimate of drug-likeness (QED) is 0.320.